The summed E-state index contributed by atoms with van der Waals surface area (Å²) >= 11 is 0. The van der Waals surface area contributed by atoms with Crippen LogP contribution in [-0.4, -0.2) is 44.7 Å². The minimum atomic E-state index is -1.83. The summed E-state index contributed by atoms with van der Waals surface area (Å²) in [5.74, 6) is 0.148. The fourth-order valence-corrected chi connectivity index (χ4v) is 0.942. The molecule has 7 nitrogen and oxygen atoms in total. The Kier molecular flexibility index (Phi) is 7.55. The Labute approximate surface area is 130 Å². The number of benzene rings is 1. The molecule has 1 aromatic carbocycles. The molecule has 0 spiro atoms. The standard InChI is InChI=1S/C8H10BNO4.C6H14O2/c1-6(11)10-7-2-4-8(5-3-7)14-9(12)13;1-5(2,7)6(3,4)8/h2-5,12-13H,1H3,(H,10,11);7-8H,1-4H3. The maximum atomic E-state index is 10.7. The Morgan fingerprint density at radius 2 is 1.45 bits per heavy atom. The molecule has 0 aliphatic rings. The fraction of sp³-hybridized carbons (Fsp3) is 0.500. The fourth-order valence-electron chi connectivity index (χ4n) is 0.942. The van der Waals surface area contributed by atoms with E-state index in [9.17, 15) is 4.79 Å². The molecule has 0 bridgehead atoms. The summed E-state index contributed by atoms with van der Waals surface area (Å²) in [6.45, 7) is 7.71. The molecule has 1 rings (SSSR count). The summed E-state index contributed by atoms with van der Waals surface area (Å²) in [5.41, 5.74) is -1.39. The zero-order valence-corrected chi connectivity index (χ0v) is 13.5. The molecular formula is C14H24BNO6. The average Bonchev–Trinajstić information content (AvgIpc) is 2.28. The Hall–Kier alpha value is -1.61. The molecule has 0 fully saturated rings. The molecule has 0 saturated carbocycles. The van der Waals surface area contributed by atoms with E-state index in [-0.39, 0.29) is 5.91 Å². The van der Waals surface area contributed by atoms with E-state index >= 15 is 0 Å². The van der Waals surface area contributed by atoms with E-state index in [0.717, 1.165) is 0 Å². The maximum Gasteiger partial charge on any atom is 0.707 e. The van der Waals surface area contributed by atoms with Gasteiger partial charge in [-0.1, -0.05) is 0 Å². The lowest BCUT2D eigenvalue weighted by atomic mass is 9.90. The summed E-state index contributed by atoms with van der Waals surface area (Å²) in [6, 6.07) is 6.23. The number of hydrogen-bond donors (Lipinski definition) is 5. The van der Waals surface area contributed by atoms with Crippen molar-refractivity contribution in [2.75, 3.05) is 5.32 Å². The molecule has 0 aliphatic carbocycles. The van der Waals surface area contributed by atoms with E-state index < -0.39 is 18.5 Å². The summed E-state index contributed by atoms with van der Waals surface area (Å²) in [5, 5.41) is 37.7. The molecule has 0 atom stereocenters. The third-order valence-electron chi connectivity index (χ3n) is 2.91. The molecule has 124 valence electrons. The smallest absolute Gasteiger partial charge is 0.512 e. The van der Waals surface area contributed by atoms with E-state index in [2.05, 4.69) is 9.97 Å². The number of amides is 1. The molecule has 5 N–H and O–H groups in total. The van der Waals surface area contributed by atoms with Crippen molar-refractivity contribution in [2.24, 2.45) is 0 Å². The van der Waals surface area contributed by atoms with E-state index in [1.807, 2.05) is 0 Å². The zero-order chi connectivity index (χ0) is 17.6. The number of hydrogen-bond acceptors (Lipinski definition) is 6. The largest absolute Gasteiger partial charge is 0.707 e. The second-order valence-electron chi connectivity index (χ2n) is 5.77. The summed E-state index contributed by atoms with van der Waals surface area (Å²) in [7, 11) is -1.83. The van der Waals surface area contributed by atoms with Gasteiger partial charge in [0.2, 0.25) is 5.91 Å². The van der Waals surface area contributed by atoms with Gasteiger partial charge < -0.3 is 30.2 Å². The van der Waals surface area contributed by atoms with E-state index in [4.69, 9.17) is 20.3 Å². The van der Waals surface area contributed by atoms with Crippen molar-refractivity contribution in [2.45, 2.75) is 45.8 Å². The summed E-state index contributed by atoms with van der Waals surface area (Å²) < 4.78 is 4.57. The summed E-state index contributed by atoms with van der Waals surface area (Å²) in [4.78, 5) is 10.7. The Morgan fingerprint density at radius 1 is 1.05 bits per heavy atom. The molecule has 22 heavy (non-hydrogen) atoms. The maximum absolute atomic E-state index is 10.7. The van der Waals surface area contributed by atoms with Crippen LogP contribution in [0.25, 0.3) is 0 Å². The number of carbonyl (C=O) groups excluding carboxylic acids is 1. The molecule has 0 radical (unpaired) electrons. The number of rotatable bonds is 4. The topological polar surface area (TPSA) is 119 Å². The second-order valence-corrected chi connectivity index (χ2v) is 5.77. The van der Waals surface area contributed by atoms with Crippen LogP contribution in [-0.2, 0) is 4.79 Å². The predicted molar refractivity (Wildman–Crippen MR) is 84.2 cm³/mol. The van der Waals surface area contributed by atoms with Gasteiger partial charge >= 0.3 is 7.32 Å². The molecule has 8 heteroatoms. The van der Waals surface area contributed by atoms with Crippen LogP contribution < -0.4 is 9.97 Å². The quantitative estimate of drug-likeness (QED) is 0.517. The van der Waals surface area contributed by atoms with Crippen LogP contribution in [0.5, 0.6) is 5.75 Å². The minimum absolute atomic E-state index is 0.166. The third kappa shape index (κ3) is 8.63. The average molecular weight is 313 g/mol. The van der Waals surface area contributed by atoms with Crippen molar-refractivity contribution >= 4 is 18.9 Å². The van der Waals surface area contributed by atoms with Gasteiger partial charge in [-0.3, -0.25) is 4.79 Å². The highest BCUT2D eigenvalue weighted by molar-refractivity contribution is 6.33. The van der Waals surface area contributed by atoms with Crippen molar-refractivity contribution in [1.82, 2.24) is 0 Å². The molecular weight excluding hydrogens is 289 g/mol. The van der Waals surface area contributed by atoms with E-state index in [1.165, 1.54) is 19.1 Å². The van der Waals surface area contributed by atoms with E-state index in [0.29, 0.717) is 11.4 Å². The Balaban J connectivity index is 0.000000472. The molecule has 0 aliphatic heterocycles. The van der Waals surface area contributed by atoms with Crippen LogP contribution >= 0.6 is 0 Å². The van der Waals surface area contributed by atoms with Gasteiger partial charge in [0.25, 0.3) is 0 Å². The van der Waals surface area contributed by atoms with Gasteiger partial charge in [0.15, 0.2) is 0 Å². The molecule has 1 amide bonds. The van der Waals surface area contributed by atoms with Crippen molar-refractivity contribution in [3.63, 3.8) is 0 Å². The lowest BCUT2D eigenvalue weighted by Gasteiger charge is -2.31. The van der Waals surface area contributed by atoms with Crippen LogP contribution in [0.4, 0.5) is 5.69 Å². The number of aliphatic hydroxyl groups is 2. The van der Waals surface area contributed by atoms with Gasteiger partial charge in [-0.15, -0.1) is 0 Å². The number of carbonyl (C=O) groups is 1. The van der Waals surface area contributed by atoms with Gasteiger partial charge in [0.05, 0.1) is 11.2 Å². The van der Waals surface area contributed by atoms with Gasteiger partial charge in [-0.05, 0) is 52.0 Å². The zero-order valence-electron chi connectivity index (χ0n) is 13.5. The third-order valence-corrected chi connectivity index (χ3v) is 2.91. The van der Waals surface area contributed by atoms with Crippen LogP contribution in [0.1, 0.15) is 34.6 Å². The van der Waals surface area contributed by atoms with E-state index in [1.54, 1.807) is 39.8 Å². The van der Waals surface area contributed by atoms with Crippen LogP contribution in [0.3, 0.4) is 0 Å². The van der Waals surface area contributed by atoms with Crippen LogP contribution in [0, 0.1) is 0 Å². The molecule has 0 heterocycles. The van der Waals surface area contributed by atoms with Crippen molar-refractivity contribution in [1.29, 1.82) is 0 Å². The molecule has 0 aromatic heterocycles. The highest BCUT2D eigenvalue weighted by atomic mass is 16.6. The molecule has 0 unspecified atom stereocenters. The first kappa shape index (κ1) is 20.4. The van der Waals surface area contributed by atoms with Gasteiger partial charge in [-0.2, -0.15) is 0 Å². The predicted octanol–water partition coefficient (Wildman–Crippen LogP) is 0.521. The molecule has 0 saturated heterocycles. The highest BCUT2D eigenvalue weighted by Gasteiger charge is 2.31. The van der Waals surface area contributed by atoms with Gasteiger partial charge in [-0.25, -0.2) is 0 Å². The SMILES string of the molecule is CC(=O)Nc1ccc(OB(O)O)cc1.CC(C)(O)C(C)(C)O. The van der Waals surface area contributed by atoms with Crippen molar-refractivity contribution < 1.29 is 29.7 Å². The van der Waals surface area contributed by atoms with Gasteiger partial charge in [0.1, 0.15) is 5.75 Å². The second kappa shape index (κ2) is 8.14. The molecule has 1 aromatic rings. The first-order chi connectivity index (χ1) is 9.83. The lowest BCUT2D eigenvalue weighted by Crippen LogP contribution is -2.44. The van der Waals surface area contributed by atoms with Crippen molar-refractivity contribution in [3.05, 3.63) is 24.3 Å². The minimum Gasteiger partial charge on any atom is -0.512 e. The Morgan fingerprint density at radius 3 is 1.73 bits per heavy atom. The highest BCUT2D eigenvalue weighted by Crippen LogP contribution is 2.19. The van der Waals surface area contributed by atoms with Crippen LogP contribution in [0.15, 0.2) is 24.3 Å². The first-order valence-corrected chi connectivity index (χ1v) is 6.68. The summed E-state index contributed by atoms with van der Waals surface area (Å²) in [6.07, 6.45) is 0. The van der Waals surface area contributed by atoms with Crippen molar-refractivity contribution in [3.8, 4) is 5.75 Å². The first-order valence-electron chi connectivity index (χ1n) is 6.68. The number of nitrogens with one attached hydrogen (secondary N) is 1. The Bertz CT molecular complexity index is 450. The van der Waals surface area contributed by atoms with Gasteiger partial charge in [0, 0.05) is 12.6 Å². The van der Waals surface area contributed by atoms with Crippen LogP contribution in [0.2, 0.25) is 0 Å². The lowest BCUT2D eigenvalue weighted by molar-refractivity contribution is -0.114. The number of anilines is 1. The monoisotopic (exact) mass is 313 g/mol. The normalized spacial score (nSPS) is 11.1.